The van der Waals surface area contributed by atoms with E-state index in [2.05, 4.69) is 11.2 Å². The molecule has 2 atom stereocenters. The lowest BCUT2D eigenvalue weighted by atomic mass is 10.0. The number of benzene rings is 1. The Bertz CT molecular complexity index is 773. The van der Waals surface area contributed by atoms with Gasteiger partial charge in [0.1, 0.15) is 12.1 Å². The fraction of sp³-hybridized carbons (Fsp3) is 0.450. The van der Waals surface area contributed by atoms with E-state index in [1.165, 1.54) is 4.90 Å². The van der Waals surface area contributed by atoms with Gasteiger partial charge >= 0.3 is 12.0 Å². The zero-order chi connectivity index (χ0) is 20.8. The van der Waals surface area contributed by atoms with Gasteiger partial charge in [-0.2, -0.15) is 0 Å². The first-order chi connectivity index (χ1) is 13.3. The Hall–Kier alpha value is -2.72. The zero-order valence-corrected chi connectivity index (χ0v) is 16.9. The van der Waals surface area contributed by atoms with E-state index < -0.39 is 36.7 Å². The van der Waals surface area contributed by atoms with Crippen LogP contribution in [0.2, 0.25) is 5.02 Å². The predicted octanol–water partition coefficient (Wildman–Crippen LogP) is 2.95. The molecule has 3 amide bonds. The van der Waals surface area contributed by atoms with E-state index in [9.17, 15) is 14.4 Å². The van der Waals surface area contributed by atoms with Crippen molar-refractivity contribution in [1.29, 1.82) is 0 Å². The van der Waals surface area contributed by atoms with Gasteiger partial charge in [0.15, 0.2) is 6.73 Å². The molecule has 2 rings (SSSR count). The number of hydrogen-bond donors (Lipinski definition) is 1. The molecule has 1 aliphatic rings. The van der Waals surface area contributed by atoms with Crippen LogP contribution in [0.25, 0.3) is 0 Å². The van der Waals surface area contributed by atoms with Gasteiger partial charge in [-0.3, -0.25) is 4.79 Å². The van der Waals surface area contributed by atoms with E-state index in [4.69, 9.17) is 22.8 Å². The van der Waals surface area contributed by atoms with Crippen molar-refractivity contribution < 1.29 is 19.1 Å². The molecule has 0 spiro atoms. The molecule has 28 heavy (non-hydrogen) atoms. The summed E-state index contributed by atoms with van der Waals surface area (Å²) in [4.78, 5) is 39.7. The van der Waals surface area contributed by atoms with E-state index in [0.29, 0.717) is 17.1 Å². The van der Waals surface area contributed by atoms with Crippen LogP contribution in [0.1, 0.15) is 27.2 Å². The minimum atomic E-state index is -0.655. The van der Waals surface area contributed by atoms with Gasteiger partial charge in [-0.15, -0.1) is 6.42 Å². The Morgan fingerprint density at radius 2 is 1.96 bits per heavy atom. The normalized spacial score (nSPS) is 17.6. The molecule has 150 valence electrons. The summed E-state index contributed by atoms with van der Waals surface area (Å²) in [6.07, 6.45) is 5.71. The van der Waals surface area contributed by atoms with Crippen LogP contribution in [0, 0.1) is 18.3 Å². The summed E-state index contributed by atoms with van der Waals surface area (Å²) in [5.41, 5.74) is 0.708. The topological polar surface area (TPSA) is 79.0 Å². The van der Waals surface area contributed by atoms with Crippen LogP contribution in [0.15, 0.2) is 24.3 Å². The third-order valence-corrected chi connectivity index (χ3v) is 4.73. The van der Waals surface area contributed by atoms with Crippen molar-refractivity contribution in [2.24, 2.45) is 5.92 Å². The van der Waals surface area contributed by atoms with Crippen molar-refractivity contribution in [1.82, 2.24) is 9.80 Å². The minimum Gasteiger partial charge on any atom is -0.442 e. The van der Waals surface area contributed by atoms with Gasteiger partial charge in [0.25, 0.3) is 5.91 Å². The number of hydrogen-bond acceptors (Lipinski definition) is 5. The molecular weight excluding hydrogens is 382 g/mol. The monoisotopic (exact) mass is 405 g/mol. The van der Waals surface area contributed by atoms with Crippen LogP contribution in [0.3, 0.4) is 0 Å². The number of nitrogens with one attached hydrogen (secondary N) is 1. The fourth-order valence-corrected chi connectivity index (χ4v) is 3.05. The number of urea groups is 1. The van der Waals surface area contributed by atoms with E-state index in [-0.39, 0.29) is 12.5 Å². The predicted molar refractivity (Wildman–Crippen MR) is 107 cm³/mol. The first-order valence-electron chi connectivity index (χ1n) is 9.04. The van der Waals surface area contributed by atoms with Crippen LogP contribution in [-0.2, 0) is 14.3 Å². The Labute approximate surface area is 170 Å². The largest absolute Gasteiger partial charge is 0.442 e. The summed E-state index contributed by atoms with van der Waals surface area (Å²) in [6.45, 7) is 5.10. The molecule has 1 fully saturated rings. The molecule has 0 aromatic heterocycles. The van der Waals surface area contributed by atoms with Gasteiger partial charge < -0.3 is 15.0 Å². The molecule has 1 saturated heterocycles. The van der Waals surface area contributed by atoms with Crippen molar-refractivity contribution in [3.63, 3.8) is 0 Å². The summed E-state index contributed by atoms with van der Waals surface area (Å²) in [6, 6.07) is 5.09. The maximum absolute atomic E-state index is 12.6. The van der Waals surface area contributed by atoms with Gasteiger partial charge in [-0.25, -0.2) is 14.5 Å². The SMILES string of the molecule is C#CCN1C(=O)N(COC(=O)C(Nc2ccc(Cl)cc2)C(C)C)C(=O)C1CC. The molecule has 8 heteroatoms. The van der Waals surface area contributed by atoms with Gasteiger partial charge in [0.2, 0.25) is 0 Å². The molecule has 1 N–H and O–H groups in total. The molecule has 0 saturated carbocycles. The second-order valence-corrected chi connectivity index (χ2v) is 7.21. The minimum absolute atomic E-state index is 0.0280. The highest BCUT2D eigenvalue weighted by molar-refractivity contribution is 6.30. The van der Waals surface area contributed by atoms with Gasteiger partial charge in [0.05, 0.1) is 6.54 Å². The van der Waals surface area contributed by atoms with E-state index in [1.807, 2.05) is 13.8 Å². The van der Waals surface area contributed by atoms with E-state index in [1.54, 1.807) is 31.2 Å². The van der Waals surface area contributed by atoms with Gasteiger partial charge in [0, 0.05) is 10.7 Å². The molecule has 1 aromatic carbocycles. The second-order valence-electron chi connectivity index (χ2n) is 6.77. The number of carbonyl (C=O) groups excluding carboxylic acids is 3. The summed E-state index contributed by atoms with van der Waals surface area (Å²) in [5.74, 6) is 1.31. The molecular formula is C20H24ClN3O4. The van der Waals surface area contributed by atoms with Crippen LogP contribution in [0.4, 0.5) is 10.5 Å². The third-order valence-electron chi connectivity index (χ3n) is 4.48. The molecule has 2 unspecified atom stereocenters. The summed E-state index contributed by atoms with van der Waals surface area (Å²) in [5, 5.41) is 3.68. The number of carbonyl (C=O) groups is 3. The average molecular weight is 406 g/mol. The van der Waals surface area contributed by atoms with Gasteiger partial charge in [-0.1, -0.05) is 38.3 Å². The number of anilines is 1. The number of ether oxygens (including phenoxy) is 1. The van der Waals surface area contributed by atoms with Crippen LogP contribution in [0.5, 0.6) is 0 Å². The highest BCUT2D eigenvalue weighted by Gasteiger charge is 2.44. The molecule has 0 radical (unpaired) electrons. The van der Waals surface area contributed by atoms with E-state index >= 15 is 0 Å². The summed E-state index contributed by atoms with van der Waals surface area (Å²) >= 11 is 5.88. The molecule has 0 aliphatic carbocycles. The van der Waals surface area contributed by atoms with Crippen molar-refractivity contribution >= 4 is 35.2 Å². The molecule has 7 nitrogen and oxygen atoms in total. The number of halogens is 1. The summed E-state index contributed by atoms with van der Waals surface area (Å²) in [7, 11) is 0. The van der Waals surface area contributed by atoms with E-state index in [0.717, 1.165) is 4.90 Å². The van der Waals surface area contributed by atoms with Crippen molar-refractivity contribution in [2.45, 2.75) is 39.3 Å². The number of imide groups is 1. The first kappa shape index (κ1) is 21.6. The standard InChI is InChI=1S/C20H24ClN3O4/c1-5-11-23-16(6-2)18(25)24(20(23)27)12-28-19(26)17(13(3)4)22-15-9-7-14(21)8-10-15/h1,7-10,13,16-17,22H,6,11-12H2,2-4H3. The third kappa shape index (κ3) is 4.76. The molecule has 1 heterocycles. The fourth-order valence-electron chi connectivity index (χ4n) is 2.93. The van der Waals surface area contributed by atoms with Gasteiger partial charge in [-0.05, 0) is 36.6 Å². The molecule has 1 aromatic rings. The highest BCUT2D eigenvalue weighted by Crippen LogP contribution is 2.21. The Morgan fingerprint density at radius 3 is 2.50 bits per heavy atom. The quantitative estimate of drug-likeness (QED) is 0.408. The molecule has 0 bridgehead atoms. The second kappa shape index (κ2) is 9.47. The maximum Gasteiger partial charge on any atom is 0.331 e. The number of rotatable bonds is 8. The number of nitrogens with zero attached hydrogens (tertiary/aromatic N) is 2. The lowest BCUT2D eigenvalue weighted by Crippen LogP contribution is -2.40. The number of terminal acetylenes is 1. The molecule has 1 aliphatic heterocycles. The lowest BCUT2D eigenvalue weighted by Gasteiger charge is -2.23. The average Bonchev–Trinajstić information content (AvgIpc) is 2.88. The zero-order valence-electron chi connectivity index (χ0n) is 16.1. The smallest absolute Gasteiger partial charge is 0.331 e. The lowest BCUT2D eigenvalue weighted by molar-refractivity contribution is -0.151. The number of amides is 3. The highest BCUT2D eigenvalue weighted by atomic mass is 35.5. The van der Waals surface area contributed by atoms with Crippen molar-refractivity contribution in [2.75, 3.05) is 18.6 Å². The maximum atomic E-state index is 12.6. The van der Waals surface area contributed by atoms with Crippen molar-refractivity contribution in [3.8, 4) is 12.3 Å². The first-order valence-corrected chi connectivity index (χ1v) is 9.42. The Balaban J connectivity index is 2.04. The van der Waals surface area contributed by atoms with Crippen LogP contribution in [-0.4, -0.2) is 53.1 Å². The Kier molecular flexibility index (Phi) is 7.30. The summed E-state index contributed by atoms with van der Waals surface area (Å²) < 4.78 is 5.28. The number of esters is 1. The van der Waals surface area contributed by atoms with Crippen LogP contribution >= 0.6 is 11.6 Å². The Morgan fingerprint density at radius 1 is 1.32 bits per heavy atom. The van der Waals surface area contributed by atoms with Crippen LogP contribution < -0.4 is 5.32 Å². The van der Waals surface area contributed by atoms with Crippen molar-refractivity contribution in [3.05, 3.63) is 29.3 Å².